The summed E-state index contributed by atoms with van der Waals surface area (Å²) in [6, 6.07) is 4.14. The Morgan fingerprint density at radius 3 is 2.68 bits per heavy atom. The van der Waals surface area contributed by atoms with Gasteiger partial charge < -0.3 is 0 Å². The summed E-state index contributed by atoms with van der Waals surface area (Å²) in [5.41, 5.74) is 0.243. The number of nitrogens with zero attached hydrogens (tertiary/aromatic N) is 1. The van der Waals surface area contributed by atoms with Gasteiger partial charge in [-0.3, -0.25) is 9.69 Å². The highest BCUT2D eigenvalue weighted by molar-refractivity contribution is 5.97. The second-order valence-corrected chi connectivity index (χ2v) is 5.21. The van der Waals surface area contributed by atoms with Crippen LogP contribution in [-0.4, -0.2) is 29.3 Å². The zero-order valence-corrected chi connectivity index (χ0v) is 11.3. The van der Waals surface area contributed by atoms with Gasteiger partial charge in [-0.05, 0) is 44.4 Å². The molecule has 1 heterocycles. The SMILES string of the molecule is CCC1CCC(C)N1CC(=O)c1ccc(F)c(F)c1. The van der Waals surface area contributed by atoms with Gasteiger partial charge in [-0.15, -0.1) is 0 Å². The molecule has 1 aromatic carbocycles. The summed E-state index contributed by atoms with van der Waals surface area (Å²) in [5.74, 6) is -2.03. The number of rotatable bonds is 4. The van der Waals surface area contributed by atoms with Crippen LogP contribution in [0.2, 0.25) is 0 Å². The minimum atomic E-state index is -0.965. The maximum Gasteiger partial charge on any atom is 0.176 e. The number of hydrogen-bond acceptors (Lipinski definition) is 2. The Morgan fingerprint density at radius 2 is 2.05 bits per heavy atom. The smallest absolute Gasteiger partial charge is 0.176 e. The molecule has 0 saturated carbocycles. The average Bonchev–Trinajstić information content (AvgIpc) is 2.74. The number of ketones is 1. The molecular weight excluding hydrogens is 248 g/mol. The van der Waals surface area contributed by atoms with Gasteiger partial charge in [0.05, 0.1) is 6.54 Å². The van der Waals surface area contributed by atoms with E-state index in [1.807, 2.05) is 0 Å². The molecule has 2 atom stereocenters. The first kappa shape index (κ1) is 14.1. The second-order valence-electron chi connectivity index (χ2n) is 5.21. The summed E-state index contributed by atoms with van der Waals surface area (Å²) in [6.07, 6.45) is 3.20. The fourth-order valence-corrected chi connectivity index (χ4v) is 2.78. The number of likely N-dealkylation sites (tertiary alicyclic amines) is 1. The van der Waals surface area contributed by atoms with E-state index in [0.29, 0.717) is 12.1 Å². The maximum absolute atomic E-state index is 13.1. The van der Waals surface area contributed by atoms with Crippen molar-refractivity contribution < 1.29 is 13.6 Å². The van der Waals surface area contributed by atoms with Gasteiger partial charge in [-0.25, -0.2) is 8.78 Å². The van der Waals surface area contributed by atoms with Crippen molar-refractivity contribution in [3.63, 3.8) is 0 Å². The third-order valence-electron chi connectivity index (χ3n) is 3.99. The lowest BCUT2D eigenvalue weighted by atomic mass is 10.1. The van der Waals surface area contributed by atoms with Crippen LogP contribution in [0.5, 0.6) is 0 Å². The molecule has 1 aliphatic rings. The Bertz CT molecular complexity index is 475. The monoisotopic (exact) mass is 267 g/mol. The fourth-order valence-electron chi connectivity index (χ4n) is 2.78. The van der Waals surface area contributed by atoms with Gasteiger partial charge in [0.1, 0.15) is 0 Å². The molecule has 0 aliphatic carbocycles. The van der Waals surface area contributed by atoms with Crippen molar-refractivity contribution in [2.24, 2.45) is 0 Å². The summed E-state index contributed by atoms with van der Waals surface area (Å²) in [5, 5.41) is 0. The molecule has 2 unspecified atom stereocenters. The van der Waals surface area contributed by atoms with Crippen LogP contribution in [0.1, 0.15) is 43.5 Å². The molecule has 0 amide bonds. The van der Waals surface area contributed by atoms with E-state index < -0.39 is 11.6 Å². The van der Waals surface area contributed by atoms with Crippen molar-refractivity contribution in [2.75, 3.05) is 6.54 Å². The van der Waals surface area contributed by atoms with Crippen molar-refractivity contribution in [3.05, 3.63) is 35.4 Å². The highest BCUT2D eigenvalue weighted by Crippen LogP contribution is 2.26. The summed E-state index contributed by atoms with van der Waals surface area (Å²) < 4.78 is 26.0. The van der Waals surface area contributed by atoms with Crippen LogP contribution in [0.15, 0.2) is 18.2 Å². The average molecular weight is 267 g/mol. The second kappa shape index (κ2) is 5.78. The lowest BCUT2D eigenvalue weighted by molar-refractivity contribution is 0.0888. The Kier molecular flexibility index (Phi) is 4.30. The zero-order chi connectivity index (χ0) is 14.0. The first-order valence-electron chi connectivity index (χ1n) is 6.77. The van der Waals surface area contributed by atoms with Crippen molar-refractivity contribution in [1.82, 2.24) is 4.90 Å². The predicted molar refractivity (Wildman–Crippen MR) is 70.2 cm³/mol. The summed E-state index contributed by atoms with van der Waals surface area (Å²) in [6.45, 7) is 4.50. The predicted octanol–water partition coefficient (Wildman–Crippen LogP) is 3.41. The van der Waals surface area contributed by atoms with E-state index in [9.17, 15) is 13.6 Å². The van der Waals surface area contributed by atoms with Crippen LogP contribution in [0.3, 0.4) is 0 Å². The molecule has 1 fully saturated rings. The maximum atomic E-state index is 13.1. The van der Waals surface area contributed by atoms with Crippen molar-refractivity contribution in [2.45, 2.75) is 45.2 Å². The van der Waals surface area contributed by atoms with Crippen LogP contribution in [0, 0.1) is 11.6 Å². The number of Topliss-reactive ketones (excluding diaryl/α,β-unsaturated/α-hetero) is 1. The number of benzene rings is 1. The zero-order valence-electron chi connectivity index (χ0n) is 11.3. The summed E-state index contributed by atoms with van der Waals surface area (Å²) in [7, 11) is 0. The van der Waals surface area contributed by atoms with Gasteiger partial charge in [0.25, 0.3) is 0 Å². The van der Waals surface area contributed by atoms with E-state index in [-0.39, 0.29) is 17.9 Å². The fraction of sp³-hybridized carbons (Fsp3) is 0.533. The van der Waals surface area contributed by atoms with Gasteiger partial charge in [0.2, 0.25) is 0 Å². The van der Waals surface area contributed by atoms with Gasteiger partial charge in [-0.2, -0.15) is 0 Å². The van der Waals surface area contributed by atoms with Crippen LogP contribution in [0.25, 0.3) is 0 Å². The lowest BCUT2D eigenvalue weighted by Crippen LogP contribution is -2.38. The van der Waals surface area contributed by atoms with Gasteiger partial charge in [0.15, 0.2) is 17.4 Å². The first-order chi connectivity index (χ1) is 9.02. The standard InChI is InChI=1S/C15H19F2NO/c1-3-12-6-4-10(2)18(12)9-15(19)11-5-7-13(16)14(17)8-11/h5,7-8,10,12H,3-4,6,9H2,1-2H3. The van der Waals surface area contributed by atoms with E-state index in [4.69, 9.17) is 0 Å². The molecular formula is C15H19F2NO. The van der Waals surface area contributed by atoms with Crippen LogP contribution in [0.4, 0.5) is 8.78 Å². The molecule has 0 radical (unpaired) electrons. The highest BCUT2D eigenvalue weighted by Gasteiger charge is 2.30. The third kappa shape index (κ3) is 3.00. The highest BCUT2D eigenvalue weighted by atomic mass is 19.2. The van der Waals surface area contributed by atoms with E-state index in [1.54, 1.807) is 0 Å². The molecule has 0 N–H and O–H groups in total. The Labute approximate surface area is 112 Å². The van der Waals surface area contributed by atoms with E-state index in [0.717, 1.165) is 31.4 Å². The molecule has 2 nitrogen and oxygen atoms in total. The third-order valence-corrected chi connectivity index (χ3v) is 3.99. The molecule has 1 saturated heterocycles. The van der Waals surface area contributed by atoms with Gasteiger partial charge >= 0.3 is 0 Å². The minimum absolute atomic E-state index is 0.147. The van der Waals surface area contributed by atoms with Crippen molar-refractivity contribution in [1.29, 1.82) is 0 Å². The largest absolute Gasteiger partial charge is 0.293 e. The van der Waals surface area contributed by atoms with Crippen molar-refractivity contribution >= 4 is 5.78 Å². The van der Waals surface area contributed by atoms with Gasteiger partial charge in [-0.1, -0.05) is 6.92 Å². The van der Waals surface area contributed by atoms with Gasteiger partial charge in [0, 0.05) is 17.6 Å². The van der Waals surface area contributed by atoms with E-state index >= 15 is 0 Å². The van der Waals surface area contributed by atoms with Crippen LogP contribution < -0.4 is 0 Å². The molecule has 19 heavy (non-hydrogen) atoms. The molecule has 0 spiro atoms. The Morgan fingerprint density at radius 1 is 1.32 bits per heavy atom. The Hall–Kier alpha value is -1.29. The molecule has 4 heteroatoms. The van der Waals surface area contributed by atoms with E-state index in [1.165, 1.54) is 6.07 Å². The quantitative estimate of drug-likeness (QED) is 0.779. The first-order valence-corrected chi connectivity index (χ1v) is 6.77. The molecule has 104 valence electrons. The normalized spacial score (nSPS) is 23.8. The van der Waals surface area contributed by atoms with Crippen molar-refractivity contribution in [3.8, 4) is 0 Å². The topological polar surface area (TPSA) is 20.3 Å². The molecule has 2 rings (SSSR count). The minimum Gasteiger partial charge on any atom is -0.293 e. The molecule has 1 aliphatic heterocycles. The number of carbonyl (C=O) groups is 1. The summed E-state index contributed by atoms with van der Waals surface area (Å²) in [4.78, 5) is 14.3. The Balaban J connectivity index is 2.09. The molecule has 0 aromatic heterocycles. The van der Waals surface area contributed by atoms with Crippen LogP contribution >= 0.6 is 0 Å². The van der Waals surface area contributed by atoms with Crippen LogP contribution in [-0.2, 0) is 0 Å². The molecule has 0 bridgehead atoms. The number of hydrogen-bond donors (Lipinski definition) is 0. The van der Waals surface area contributed by atoms with E-state index in [2.05, 4.69) is 18.7 Å². The summed E-state index contributed by atoms with van der Waals surface area (Å²) >= 11 is 0. The lowest BCUT2D eigenvalue weighted by Gasteiger charge is -2.26. The number of halogens is 2. The number of carbonyl (C=O) groups excluding carboxylic acids is 1. The molecule has 1 aromatic rings.